The van der Waals surface area contributed by atoms with Gasteiger partial charge in [0.15, 0.2) is 5.69 Å². The molecule has 0 saturated carbocycles. The molecule has 0 bridgehead atoms. The zero-order valence-corrected chi connectivity index (χ0v) is 10.2. The molecule has 98 valence electrons. The van der Waals surface area contributed by atoms with Crippen LogP contribution in [0.25, 0.3) is 5.95 Å². The molecule has 0 atom stereocenters. The quantitative estimate of drug-likeness (QED) is 0.883. The van der Waals surface area contributed by atoms with Crippen molar-refractivity contribution in [3.8, 4) is 5.95 Å². The number of carboxylic acid groups (broad SMARTS) is 1. The molecule has 1 aliphatic rings. The number of hydrogen-bond acceptors (Lipinski definition) is 5. The summed E-state index contributed by atoms with van der Waals surface area (Å²) < 4.78 is 1.52. The third kappa shape index (κ3) is 2.26. The van der Waals surface area contributed by atoms with Gasteiger partial charge in [-0.15, -0.1) is 0 Å². The Morgan fingerprint density at radius 2 is 2.05 bits per heavy atom. The lowest BCUT2D eigenvalue weighted by Gasteiger charge is -2.16. The predicted molar refractivity (Wildman–Crippen MR) is 67.6 cm³/mol. The van der Waals surface area contributed by atoms with Gasteiger partial charge in [0.2, 0.25) is 5.95 Å². The SMILES string of the molecule is O=C(O)c1cn(-c2nccc(N3CCCC3)n2)cn1. The Morgan fingerprint density at radius 3 is 2.74 bits per heavy atom. The molecule has 0 aliphatic carbocycles. The zero-order chi connectivity index (χ0) is 13.2. The molecule has 0 aromatic carbocycles. The van der Waals surface area contributed by atoms with E-state index in [0.29, 0.717) is 5.95 Å². The molecule has 1 N–H and O–H groups in total. The fourth-order valence-corrected chi connectivity index (χ4v) is 2.13. The Morgan fingerprint density at radius 1 is 1.26 bits per heavy atom. The van der Waals surface area contributed by atoms with E-state index < -0.39 is 5.97 Å². The number of imidazole rings is 1. The monoisotopic (exact) mass is 259 g/mol. The predicted octanol–water partition coefficient (Wildman–Crippen LogP) is 0.961. The van der Waals surface area contributed by atoms with Crippen molar-refractivity contribution in [3.63, 3.8) is 0 Å². The highest BCUT2D eigenvalue weighted by Gasteiger charge is 2.15. The molecule has 3 rings (SSSR count). The second-order valence-electron chi connectivity index (χ2n) is 4.38. The summed E-state index contributed by atoms with van der Waals surface area (Å²) in [5.74, 6) is 0.243. The topological polar surface area (TPSA) is 84.1 Å². The maximum Gasteiger partial charge on any atom is 0.356 e. The Hall–Kier alpha value is -2.44. The van der Waals surface area contributed by atoms with Crippen LogP contribution in [0.2, 0.25) is 0 Å². The summed E-state index contributed by atoms with van der Waals surface area (Å²) in [5, 5.41) is 8.85. The van der Waals surface area contributed by atoms with E-state index in [9.17, 15) is 4.79 Å². The smallest absolute Gasteiger partial charge is 0.356 e. The first kappa shape index (κ1) is 11.6. The highest BCUT2D eigenvalue weighted by Crippen LogP contribution is 2.17. The van der Waals surface area contributed by atoms with Gasteiger partial charge < -0.3 is 10.0 Å². The van der Waals surface area contributed by atoms with E-state index >= 15 is 0 Å². The molecule has 0 amide bonds. The number of aromatic carboxylic acids is 1. The molecule has 2 aromatic rings. The minimum absolute atomic E-state index is 0.0184. The fourth-order valence-electron chi connectivity index (χ4n) is 2.13. The van der Waals surface area contributed by atoms with E-state index in [2.05, 4.69) is 19.9 Å². The van der Waals surface area contributed by atoms with Crippen LogP contribution in [0.5, 0.6) is 0 Å². The lowest BCUT2D eigenvalue weighted by Crippen LogP contribution is -2.19. The zero-order valence-electron chi connectivity index (χ0n) is 10.2. The van der Waals surface area contributed by atoms with Crippen LogP contribution in [0, 0.1) is 0 Å². The minimum Gasteiger partial charge on any atom is -0.476 e. The van der Waals surface area contributed by atoms with Gasteiger partial charge in [0.1, 0.15) is 12.1 Å². The molecule has 1 fully saturated rings. The molecule has 19 heavy (non-hydrogen) atoms. The number of hydrogen-bond donors (Lipinski definition) is 1. The van der Waals surface area contributed by atoms with Crippen LogP contribution >= 0.6 is 0 Å². The van der Waals surface area contributed by atoms with Crippen LogP contribution in [-0.2, 0) is 0 Å². The van der Waals surface area contributed by atoms with Gasteiger partial charge in [0.25, 0.3) is 0 Å². The van der Waals surface area contributed by atoms with Gasteiger partial charge in [-0.3, -0.25) is 4.57 Å². The number of carbonyl (C=O) groups is 1. The second-order valence-corrected chi connectivity index (χ2v) is 4.38. The number of rotatable bonds is 3. The van der Waals surface area contributed by atoms with Gasteiger partial charge in [-0.2, -0.15) is 4.98 Å². The molecule has 2 aromatic heterocycles. The molecule has 3 heterocycles. The van der Waals surface area contributed by atoms with Crippen molar-refractivity contribution < 1.29 is 9.90 Å². The highest BCUT2D eigenvalue weighted by atomic mass is 16.4. The molecule has 7 nitrogen and oxygen atoms in total. The standard InChI is InChI=1S/C12H13N5O2/c18-11(19)9-7-17(8-14-9)12-13-4-3-10(15-12)16-5-1-2-6-16/h3-4,7-8H,1-2,5-6H2,(H,18,19). The van der Waals surface area contributed by atoms with Gasteiger partial charge >= 0.3 is 5.97 Å². The number of nitrogens with zero attached hydrogens (tertiary/aromatic N) is 5. The summed E-state index contributed by atoms with van der Waals surface area (Å²) in [7, 11) is 0. The summed E-state index contributed by atoms with van der Waals surface area (Å²) in [6, 6.07) is 1.86. The first-order chi connectivity index (χ1) is 9.24. The van der Waals surface area contributed by atoms with Crippen LogP contribution in [0.1, 0.15) is 23.3 Å². The Bertz CT molecular complexity index is 604. The van der Waals surface area contributed by atoms with Crippen LogP contribution in [0.15, 0.2) is 24.8 Å². The molecule has 0 radical (unpaired) electrons. The maximum atomic E-state index is 10.8. The minimum atomic E-state index is -1.06. The van der Waals surface area contributed by atoms with Crippen molar-refractivity contribution in [2.45, 2.75) is 12.8 Å². The third-order valence-corrected chi connectivity index (χ3v) is 3.09. The van der Waals surface area contributed by atoms with Gasteiger partial charge in [-0.05, 0) is 18.9 Å². The van der Waals surface area contributed by atoms with E-state index in [1.54, 1.807) is 6.20 Å². The van der Waals surface area contributed by atoms with Crippen molar-refractivity contribution in [3.05, 3.63) is 30.5 Å². The summed E-state index contributed by atoms with van der Waals surface area (Å²) in [6.45, 7) is 2.00. The summed E-state index contributed by atoms with van der Waals surface area (Å²) >= 11 is 0. The van der Waals surface area contributed by atoms with Gasteiger partial charge in [-0.1, -0.05) is 0 Å². The van der Waals surface area contributed by atoms with Crippen LogP contribution in [-0.4, -0.2) is 43.7 Å². The van der Waals surface area contributed by atoms with E-state index in [4.69, 9.17) is 5.11 Å². The van der Waals surface area contributed by atoms with Crippen molar-refractivity contribution in [2.75, 3.05) is 18.0 Å². The maximum absolute atomic E-state index is 10.8. The van der Waals surface area contributed by atoms with E-state index in [-0.39, 0.29) is 5.69 Å². The lowest BCUT2D eigenvalue weighted by atomic mass is 10.4. The van der Waals surface area contributed by atoms with Gasteiger partial charge in [-0.25, -0.2) is 14.8 Å². The van der Waals surface area contributed by atoms with Gasteiger partial charge in [0, 0.05) is 25.5 Å². The van der Waals surface area contributed by atoms with Crippen LogP contribution in [0.4, 0.5) is 5.82 Å². The first-order valence-electron chi connectivity index (χ1n) is 6.10. The van der Waals surface area contributed by atoms with Crippen LogP contribution < -0.4 is 4.90 Å². The number of anilines is 1. The van der Waals surface area contributed by atoms with E-state index in [1.807, 2.05) is 6.07 Å². The number of carboxylic acids is 1. The normalized spacial score (nSPS) is 14.8. The molecule has 7 heteroatoms. The van der Waals surface area contributed by atoms with Crippen molar-refractivity contribution in [2.24, 2.45) is 0 Å². The van der Waals surface area contributed by atoms with E-state index in [1.165, 1.54) is 29.9 Å². The molecular weight excluding hydrogens is 246 g/mol. The number of aromatic nitrogens is 4. The second kappa shape index (κ2) is 4.68. The molecule has 1 saturated heterocycles. The van der Waals surface area contributed by atoms with Crippen molar-refractivity contribution in [1.82, 2.24) is 19.5 Å². The Balaban J connectivity index is 1.91. The first-order valence-corrected chi connectivity index (χ1v) is 6.10. The largest absolute Gasteiger partial charge is 0.476 e. The lowest BCUT2D eigenvalue weighted by molar-refractivity contribution is 0.0691. The average Bonchev–Trinajstić information content (AvgIpc) is 3.10. The summed E-state index contributed by atoms with van der Waals surface area (Å²) in [5.41, 5.74) is -0.0184. The average molecular weight is 259 g/mol. The summed E-state index contributed by atoms with van der Waals surface area (Å²) in [6.07, 6.45) is 6.84. The van der Waals surface area contributed by atoms with Gasteiger partial charge in [0.05, 0.1) is 0 Å². The summed E-state index contributed by atoms with van der Waals surface area (Å²) in [4.78, 5) is 25.4. The van der Waals surface area contributed by atoms with Crippen LogP contribution in [0.3, 0.4) is 0 Å². The van der Waals surface area contributed by atoms with Crippen molar-refractivity contribution >= 4 is 11.8 Å². The Labute approximate surface area is 109 Å². The molecule has 0 unspecified atom stereocenters. The third-order valence-electron chi connectivity index (χ3n) is 3.09. The molecule has 1 aliphatic heterocycles. The molecular formula is C12H13N5O2. The highest BCUT2D eigenvalue weighted by molar-refractivity contribution is 5.85. The molecule has 0 spiro atoms. The Kier molecular flexibility index (Phi) is 2.86. The van der Waals surface area contributed by atoms with E-state index in [0.717, 1.165) is 18.9 Å². The van der Waals surface area contributed by atoms with Crippen molar-refractivity contribution in [1.29, 1.82) is 0 Å². The fraction of sp³-hybridized carbons (Fsp3) is 0.333.